The van der Waals surface area contributed by atoms with Crippen molar-refractivity contribution >= 4 is 40.7 Å². The molecule has 7 nitrogen and oxygen atoms in total. The van der Waals surface area contributed by atoms with Gasteiger partial charge in [-0.05, 0) is 55.8 Å². The lowest BCUT2D eigenvalue weighted by Crippen LogP contribution is -2.54. The predicted octanol–water partition coefficient (Wildman–Crippen LogP) is 2.78. The third-order valence-corrected chi connectivity index (χ3v) is 7.50. The Balaban J connectivity index is 1.56. The topological polar surface area (TPSA) is 79.0 Å². The molecule has 4 aliphatic rings. The first-order chi connectivity index (χ1) is 15.0. The van der Waals surface area contributed by atoms with Gasteiger partial charge in [0.05, 0.1) is 24.6 Å². The number of methoxy groups -OCH3 is 1. The molecule has 3 fully saturated rings. The number of anilines is 2. The number of benzene rings is 2. The Hall–Kier alpha value is -2.90. The molecule has 3 amide bonds. The molecule has 8 heteroatoms. The molecule has 0 aliphatic carbocycles. The minimum absolute atomic E-state index is 0.159. The molecule has 6 rings (SSSR count). The molecular weight excluding hydrogens is 418 g/mol. The average Bonchev–Trinajstić information content (AvgIpc) is 3.46. The zero-order valence-electron chi connectivity index (χ0n) is 16.8. The summed E-state index contributed by atoms with van der Waals surface area (Å²) in [7, 11) is 1.57. The van der Waals surface area contributed by atoms with Gasteiger partial charge in [-0.3, -0.25) is 19.3 Å². The molecule has 4 unspecified atom stereocenters. The van der Waals surface area contributed by atoms with Gasteiger partial charge in [0.15, 0.2) is 0 Å². The van der Waals surface area contributed by atoms with E-state index in [-0.39, 0.29) is 23.8 Å². The van der Waals surface area contributed by atoms with E-state index in [1.165, 1.54) is 4.90 Å². The van der Waals surface area contributed by atoms with Gasteiger partial charge < -0.3 is 10.1 Å². The molecule has 0 bridgehead atoms. The number of fused-ring (bicyclic) bond motifs is 7. The minimum atomic E-state index is -1.21. The summed E-state index contributed by atoms with van der Waals surface area (Å²) in [6.07, 6.45) is 1.65. The number of nitrogens with zero attached hydrogens (tertiary/aromatic N) is 2. The van der Waals surface area contributed by atoms with E-state index in [1.807, 2.05) is 6.07 Å². The number of carbonyl (C=O) groups is 3. The summed E-state index contributed by atoms with van der Waals surface area (Å²) in [5.74, 6) is -1.61. The summed E-state index contributed by atoms with van der Waals surface area (Å²) >= 11 is 6.14. The number of hydrogen-bond donors (Lipinski definition) is 1. The van der Waals surface area contributed by atoms with Crippen LogP contribution in [0.4, 0.5) is 11.4 Å². The van der Waals surface area contributed by atoms with Gasteiger partial charge in [-0.25, -0.2) is 4.90 Å². The van der Waals surface area contributed by atoms with Gasteiger partial charge in [0, 0.05) is 22.3 Å². The van der Waals surface area contributed by atoms with Gasteiger partial charge in [-0.2, -0.15) is 0 Å². The van der Waals surface area contributed by atoms with Crippen LogP contribution in [-0.2, 0) is 19.9 Å². The number of amides is 3. The average molecular weight is 438 g/mol. The third-order valence-electron chi connectivity index (χ3n) is 7.27. The molecule has 3 saturated heterocycles. The molecule has 158 valence electrons. The number of carbonyl (C=O) groups excluding carboxylic acids is 3. The van der Waals surface area contributed by atoms with E-state index in [9.17, 15) is 14.4 Å². The van der Waals surface area contributed by atoms with Crippen molar-refractivity contribution in [1.29, 1.82) is 0 Å². The van der Waals surface area contributed by atoms with Crippen LogP contribution >= 0.6 is 11.6 Å². The normalized spacial score (nSPS) is 31.2. The lowest BCUT2D eigenvalue weighted by Gasteiger charge is -2.36. The lowest BCUT2D eigenvalue weighted by molar-refractivity contribution is -0.135. The Morgan fingerprint density at radius 3 is 2.74 bits per heavy atom. The van der Waals surface area contributed by atoms with Crippen molar-refractivity contribution in [2.75, 3.05) is 23.9 Å². The molecule has 4 atom stereocenters. The third kappa shape index (κ3) is 2.20. The maximum atomic E-state index is 13.8. The summed E-state index contributed by atoms with van der Waals surface area (Å²) in [4.78, 5) is 44.4. The summed E-state index contributed by atoms with van der Waals surface area (Å²) in [6, 6.07) is 12.0. The molecular formula is C23H20ClN3O4. The minimum Gasteiger partial charge on any atom is -0.497 e. The van der Waals surface area contributed by atoms with Crippen LogP contribution in [0.5, 0.6) is 5.75 Å². The van der Waals surface area contributed by atoms with Crippen molar-refractivity contribution in [3.05, 3.63) is 53.1 Å². The van der Waals surface area contributed by atoms with E-state index >= 15 is 0 Å². The number of halogens is 1. The smallest absolute Gasteiger partial charge is 0.250 e. The van der Waals surface area contributed by atoms with Crippen molar-refractivity contribution in [2.24, 2.45) is 11.8 Å². The van der Waals surface area contributed by atoms with Crippen LogP contribution in [0.15, 0.2) is 42.5 Å². The number of imide groups is 1. The van der Waals surface area contributed by atoms with Crippen LogP contribution in [0, 0.1) is 11.8 Å². The molecule has 0 saturated carbocycles. The lowest BCUT2D eigenvalue weighted by atomic mass is 9.75. The van der Waals surface area contributed by atoms with E-state index in [1.54, 1.807) is 43.5 Å². The van der Waals surface area contributed by atoms with Crippen molar-refractivity contribution < 1.29 is 19.1 Å². The molecule has 1 spiro atoms. The largest absolute Gasteiger partial charge is 0.497 e. The summed E-state index contributed by atoms with van der Waals surface area (Å²) in [5, 5.41) is 3.41. The van der Waals surface area contributed by atoms with Gasteiger partial charge in [-0.15, -0.1) is 0 Å². The molecule has 1 N–H and O–H groups in total. The van der Waals surface area contributed by atoms with Crippen LogP contribution in [0.1, 0.15) is 18.4 Å². The Labute approximate surface area is 183 Å². The van der Waals surface area contributed by atoms with Crippen molar-refractivity contribution in [3.63, 3.8) is 0 Å². The molecule has 31 heavy (non-hydrogen) atoms. The van der Waals surface area contributed by atoms with E-state index in [0.29, 0.717) is 34.3 Å². The van der Waals surface area contributed by atoms with Crippen molar-refractivity contribution in [1.82, 2.24) is 4.90 Å². The van der Waals surface area contributed by atoms with Crippen LogP contribution in [0.25, 0.3) is 0 Å². The summed E-state index contributed by atoms with van der Waals surface area (Å²) < 4.78 is 5.42. The van der Waals surface area contributed by atoms with Crippen LogP contribution in [-0.4, -0.2) is 42.3 Å². The highest BCUT2D eigenvalue weighted by molar-refractivity contribution is 6.31. The second-order valence-electron chi connectivity index (χ2n) is 8.53. The van der Waals surface area contributed by atoms with E-state index in [2.05, 4.69) is 10.2 Å². The van der Waals surface area contributed by atoms with Crippen LogP contribution in [0.2, 0.25) is 5.02 Å². The molecule has 2 aromatic carbocycles. The maximum Gasteiger partial charge on any atom is 0.250 e. The fourth-order valence-electron chi connectivity index (χ4n) is 6.18. The second-order valence-corrected chi connectivity index (χ2v) is 8.97. The molecule has 4 aliphatic heterocycles. The number of rotatable bonds is 2. The van der Waals surface area contributed by atoms with Crippen LogP contribution < -0.4 is 15.0 Å². The number of nitrogens with one attached hydrogen (secondary N) is 1. The highest BCUT2D eigenvalue weighted by atomic mass is 35.5. The van der Waals surface area contributed by atoms with E-state index in [0.717, 1.165) is 12.8 Å². The SMILES string of the molecule is COc1ccc2c(c1)C1(C(=O)N2)C2C(=O)N(c3cccc(Cl)c3)C(=O)C2C2CCCN21. The Kier molecular flexibility index (Phi) is 3.83. The second kappa shape index (κ2) is 6.31. The number of hydrogen-bond acceptors (Lipinski definition) is 5. The maximum absolute atomic E-state index is 13.8. The quantitative estimate of drug-likeness (QED) is 0.731. The predicted molar refractivity (Wildman–Crippen MR) is 114 cm³/mol. The fourth-order valence-corrected chi connectivity index (χ4v) is 6.36. The molecule has 0 aromatic heterocycles. The summed E-state index contributed by atoms with van der Waals surface area (Å²) in [6.45, 7) is 0.666. The van der Waals surface area contributed by atoms with Crippen molar-refractivity contribution in [3.8, 4) is 5.75 Å². The van der Waals surface area contributed by atoms with Crippen LogP contribution in [0.3, 0.4) is 0 Å². The van der Waals surface area contributed by atoms with Gasteiger partial charge in [0.25, 0.3) is 0 Å². The van der Waals surface area contributed by atoms with Gasteiger partial charge >= 0.3 is 0 Å². The van der Waals surface area contributed by atoms with E-state index in [4.69, 9.17) is 16.3 Å². The monoisotopic (exact) mass is 437 g/mol. The number of ether oxygens (including phenoxy) is 1. The molecule has 2 aromatic rings. The van der Waals surface area contributed by atoms with Gasteiger partial charge in [0.2, 0.25) is 17.7 Å². The highest BCUT2D eigenvalue weighted by Gasteiger charge is 2.74. The van der Waals surface area contributed by atoms with Gasteiger partial charge in [0.1, 0.15) is 11.3 Å². The molecule has 0 radical (unpaired) electrons. The fraction of sp³-hybridized carbons (Fsp3) is 0.348. The first-order valence-electron chi connectivity index (χ1n) is 10.4. The Morgan fingerprint density at radius 2 is 1.97 bits per heavy atom. The molecule has 4 heterocycles. The first kappa shape index (κ1) is 18.8. The first-order valence-corrected chi connectivity index (χ1v) is 10.8. The Bertz CT molecular complexity index is 1170. The summed E-state index contributed by atoms with van der Waals surface area (Å²) in [5.41, 5.74) is 0.611. The Morgan fingerprint density at radius 1 is 1.13 bits per heavy atom. The zero-order valence-corrected chi connectivity index (χ0v) is 17.6. The van der Waals surface area contributed by atoms with E-state index < -0.39 is 17.4 Å². The highest BCUT2D eigenvalue weighted by Crippen LogP contribution is 2.61. The van der Waals surface area contributed by atoms with Gasteiger partial charge in [-0.1, -0.05) is 17.7 Å². The zero-order chi connectivity index (χ0) is 21.5. The standard InChI is InChI=1S/C23H20ClN3O4/c1-31-14-7-8-16-15(11-14)23(22(30)25-16)19-18(17-6-3-9-26(17)23)20(28)27(21(19)29)13-5-2-4-12(24)10-13/h2,4-5,7-8,10-11,17-19H,3,6,9H2,1H3,(H,25,30). The van der Waals surface area contributed by atoms with Crippen molar-refractivity contribution in [2.45, 2.75) is 24.4 Å².